The molecule has 96 valence electrons. The molecule has 0 N–H and O–H groups in total. The van der Waals surface area contributed by atoms with E-state index in [-0.39, 0.29) is 36.4 Å². The van der Waals surface area contributed by atoms with Crippen molar-refractivity contribution >= 4 is 17.4 Å². The number of nitro groups is 1. The van der Waals surface area contributed by atoms with Gasteiger partial charge >= 0.3 is 5.69 Å². The van der Waals surface area contributed by atoms with Gasteiger partial charge in [-0.15, -0.1) is 0 Å². The van der Waals surface area contributed by atoms with E-state index in [4.69, 9.17) is 9.47 Å². The highest BCUT2D eigenvalue weighted by atomic mass is 16.6. The molecule has 0 bridgehead atoms. The number of carbonyl (C=O) groups excluding carboxylic acids is 1. The van der Waals surface area contributed by atoms with E-state index < -0.39 is 4.92 Å². The number of rotatable bonds is 3. The van der Waals surface area contributed by atoms with E-state index >= 15 is 0 Å². The predicted molar refractivity (Wildman–Crippen MR) is 60.6 cm³/mol. The van der Waals surface area contributed by atoms with Gasteiger partial charge in [0.25, 0.3) is 5.91 Å². The zero-order valence-corrected chi connectivity index (χ0v) is 9.66. The Morgan fingerprint density at radius 3 is 2.94 bits per heavy atom. The summed E-state index contributed by atoms with van der Waals surface area (Å²) in [6.07, 6.45) is 0. The van der Waals surface area contributed by atoms with Crippen molar-refractivity contribution in [2.45, 2.75) is 0 Å². The van der Waals surface area contributed by atoms with E-state index in [1.807, 2.05) is 0 Å². The Balaban J connectivity index is 2.45. The number of morpholine rings is 1. The summed E-state index contributed by atoms with van der Waals surface area (Å²) in [6, 6.07) is 2.65. The highest BCUT2D eigenvalue weighted by Crippen LogP contribution is 2.29. The average molecular weight is 253 g/mol. The minimum atomic E-state index is -0.579. The Morgan fingerprint density at radius 2 is 2.33 bits per heavy atom. The second-order valence-electron chi connectivity index (χ2n) is 3.55. The van der Waals surface area contributed by atoms with E-state index in [1.54, 1.807) is 0 Å². The van der Waals surface area contributed by atoms with Crippen molar-refractivity contribution < 1.29 is 19.2 Å². The number of ether oxygens (including phenoxy) is 2. The van der Waals surface area contributed by atoms with Crippen LogP contribution in [0.2, 0.25) is 0 Å². The van der Waals surface area contributed by atoms with E-state index in [1.165, 1.54) is 24.1 Å². The lowest BCUT2D eigenvalue weighted by Gasteiger charge is -2.25. The number of pyridine rings is 1. The Morgan fingerprint density at radius 1 is 1.56 bits per heavy atom. The molecule has 1 aliphatic heterocycles. The fourth-order valence-electron chi connectivity index (χ4n) is 1.62. The van der Waals surface area contributed by atoms with E-state index in [9.17, 15) is 14.9 Å². The summed E-state index contributed by atoms with van der Waals surface area (Å²) in [6.45, 7) is 0.456. The maximum absolute atomic E-state index is 11.7. The molecule has 8 heteroatoms. The largest absolute Gasteiger partial charge is 0.481 e. The van der Waals surface area contributed by atoms with Crippen LogP contribution in [0.3, 0.4) is 0 Å². The number of anilines is 1. The van der Waals surface area contributed by atoms with Gasteiger partial charge in [-0.2, -0.15) is 4.98 Å². The summed E-state index contributed by atoms with van der Waals surface area (Å²) in [7, 11) is 1.40. The van der Waals surface area contributed by atoms with Crippen molar-refractivity contribution in [3.63, 3.8) is 0 Å². The normalized spacial score (nSPS) is 15.6. The van der Waals surface area contributed by atoms with Gasteiger partial charge in [0.1, 0.15) is 6.61 Å². The molecular formula is C10H11N3O5. The molecule has 2 heterocycles. The molecule has 1 saturated heterocycles. The second-order valence-corrected chi connectivity index (χ2v) is 3.55. The molecule has 0 aliphatic carbocycles. The zero-order chi connectivity index (χ0) is 13.1. The summed E-state index contributed by atoms with van der Waals surface area (Å²) in [4.78, 5) is 27.2. The maximum Gasteiger partial charge on any atom is 0.312 e. The number of nitrogens with zero attached hydrogens (tertiary/aromatic N) is 3. The summed E-state index contributed by atoms with van der Waals surface area (Å²) in [5.41, 5.74) is -0.231. The topological polar surface area (TPSA) is 94.8 Å². The molecule has 0 aromatic carbocycles. The summed E-state index contributed by atoms with van der Waals surface area (Å²) in [5, 5.41) is 10.9. The van der Waals surface area contributed by atoms with Gasteiger partial charge in [0.15, 0.2) is 0 Å². The van der Waals surface area contributed by atoms with Crippen molar-refractivity contribution in [2.75, 3.05) is 31.8 Å². The standard InChI is InChI=1S/C10H11N3O5/c1-17-8-3-2-7(13(15)16)10(11-8)12-4-5-18-6-9(12)14/h2-3H,4-6H2,1H3. The van der Waals surface area contributed by atoms with Crippen molar-refractivity contribution in [1.82, 2.24) is 4.98 Å². The third-order valence-electron chi connectivity index (χ3n) is 2.48. The first-order valence-electron chi connectivity index (χ1n) is 5.21. The molecule has 0 radical (unpaired) electrons. The van der Waals surface area contributed by atoms with Crippen LogP contribution in [-0.4, -0.2) is 42.7 Å². The van der Waals surface area contributed by atoms with Gasteiger partial charge in [-0.25, -0.2) is 0 Å². The van der Waals surface area contributed by atoms with Crippen LogP contribution in [0.1, 0.15) is 0 Å². The lowest BCUT2D eigenvalue weighted by atomic mass is 10.3. The first-order valence-corrected chi connectivity index (χ1v) is 5.21. The minimum absolute atomic E-state index is 0.00681. The highest BCUT2D eigenvalue weighted by Gasteiger charge is 2.29. The number of carbonyl (C=O) groups is 1. The highest BCUT2D eigenvalue weighted by molar-refractivity contribution is 5.95. The first kappa shape index (κ1) is 12.2. The van der Waals surface area contributed by atoms with Gasteiger partial charge in [-0.1, -0.05) is 0 Å². The Bertz CT molecular complexity index is 490. The summed E-state index contributed by atoms with van der Waals surface area (Å²) in [5.74, 6) is -0.146. The molecular weight excluding hydrogens is 242 g/mol. The third-order valence-corrected chi connectivity index (χ3v) is 2.48. The molecule has 1 aliphatic rings. The minimum Gasteiger partial charge on any atom is -0.481 e. The molecule has 8 nitrogen and oxygen atoms in total. The third kappa shape index (κ3) is 2.23. The Labute approximate surface area is 102 Å². The monoisotopic (exact) mass is 253 g/mol. The van der Waals surface area contributed by atoms with Gasteiger partial charge in [0, 0.05) is 12.1 Å². The van der Waals surface area contributed by atoms with Gasteiger partial charge < -0.3 is 9.47 Å². The van der Waals surface area contributed by atoms with Gasteiger partial charge in [-0.3, -0.25) is 19.8 Å². The smallest absolute Gasteiger partial charge is 0.312 e. The fourth-order valence-corrected chi connectivity index (χ4v) is 1.62. The molecule has 1 fully saturated rings. The molecule has 0 spiro atoms. The van der Waals surface area contributed by atoms with Crippen LogP contribution in [-0.2, 0) is 9.53 Å². The van der Waals surface area contributed by atoms with Crippen LogP contribution in [0.15, 0.2) is 12.1 Å². The van der Waals surface area contributed by atoms with Crippen LogP contribution in [0.25, 0.3) is 0 Å². The second kappa shape index (κ2) is 4.96. The number of aromatic nitrogens is 1. The number of methoxy groups -OCH3 is 1. The molecule has 0 unspecified atom stereocenters. The summed E-state index contributed by atoms with van der Waals surface area (Å²) >= 11 is 0. The van der Waals surface area contributed by atoms with Gasteiger partial charge in [-0.05, 0) is 0 Å². The van der Waals surface area contributed by atoms with E-state index in [0.717, 1.165) is 0 Å². The Kier molecular flexibility index (Phi) is 3.38. The quantitative estimate of drug-likeness (QED) is 0.570. The van der Waals surface area contributed by atoms with Crippen molar-refractivity contribution in [3.8, 4) is 5.88 Å². The Hall–Kier alpha value is -2.22. The first-order chi connectivity index (χ1) is 8.63. The van der Waals surface area contributed by atoms with Crippen LogP contribution in [0.5, 0.6) is 5.88 Å². The molecule has 1 aromatic rings. The molecule has 0 atom stereocenters. The molecule has 0 saturated carbocycles. The van der Waals surface area contributed by atoms with Crippen LogP contribution in [0.4, 0.5) is 11.5 Å². The molecule has 18 heavy (non-hydrogen) atoms. The van der Waals surface area contributed by atoms with E-state index in [0.29, 0.717) is 6.61 Å². The SMILES string of the molecule is COc1ccc([N+](=O)[O-])c(N2CCOCC2=O)n1. The van der Waals surface area contributed by atoms with Gasteiger partial charge in [0.2, 0.25) is 11.7 Å². The lowest BCUT2D eigenvalue weighted by Crippen LogP contribution is -2.42. The molecule has 2 rings (SSSR count). The van der Waals surface area contributed by atoms with E-state index in [2.05, 4.69) is 4.98 Å². The van der Waals surface area contributed by atoms with Crippen molar-refractivity contribution in [1.29, 1.82) is 0 Å². The van der Waals surface area contributed by atoms with Crippen LogP contribution >= 0.6 is 0 Å². The zero-order valence-electron chi connectivity index (χ0n) is 9.66. The van der Waals surface area contributed by atoms with Crippen LogP contribution < -0.4 is 9.64 Å². The van der Waals surface area contributed by atoms with Crippen molar-refractivity contribution in [3.05, 3.63) is 22.2 Å². The molecule has 1 amide bonds. The van der Waals surface area contributed by atoms with Crippen LogP contribution in [0, 0.1) is 10.1 Å². The maximum atomic E-state index is 11.7. The molecule has 1 aromatic heterocycles. The predicted octanol–water partition coefficient (Wildman–Crippen LogP) is 0.362. The number of hydrogen-bond donors (Lipinski definition) is 0. The van der Waals surface area contributed by atoms with Gasteiger partial charge in [0.05, 0.1) is 25.2 Å². The number of hydrogen-bond acceptors (Lipinski definition) is 6. The average Bonchev–Trinajstić information content (AvgIpc) is 2.38. The fraction of sp³-hybridized carbons (Fsp3) is 0.400. The lowest BCUT2D eigenvalue weighted by molar-refractivity contribution is -0.384. The number of amides is 1. The van der Waals surface area contributed by atoms with Crippen molar-refractivity contribution in [2.24, 2.45) is 0 Å². The summed E-state index contributed by atoms with van der Waals surface area (Å²) < 4.78 is 9.88.